The van der Waals surface area contributed by atoms with Crippen LogP contribution in [0.4, 0.5) is 6.01 Å². The van der Waals surface area contributed by atoms with Gasteiger partial charge in [0, 0.05) is 12.1 Å². The highest BCUT2D eigenvalue weighted by molar-refractivity contribution is 5.54. The van der Waals surface area contributed by atoms with Gasteiger partial charge in [-0.15, -0.1) is 6.58 Å². The average molecular weight is 201 g/mol. The fraction of sp³-hybridized carbons (Fsp3) is 0.0909. The van der Waals surface area contributed by atoms with Crippen LogP contribution in [-0.2, 0) is 0 Å². The number of hydrogen-bond acceptors (Lipinski definition) is 4. The van der Waals surface area contributed by atoms with Crippen LogP contribution in [-0.4, -0.2) is 16.7 Å². The molecule has 1 N–H and O–H groups in total. The van der Waals surface area contributed by atoms with E-state index in [4.69, 9.17) is 4.52 Å². The number of rotatable bonds is 4. The maximum absolute atomic E-state index is 5.00. The Balaban J connectivity index is 2.17. The molecule has 0 atom stereocenters. The predicted molar refractivity (Wildman–Crippen MR) is 58.4 cm³/mol. The normalized spacial score (nSPS) is 9.87. The zero-order valence-electron chi connectivity index (χ0n) is 8.18. The average Bonchev–Trinajstić information content (AvgIpc) is 2.76. The molecule has 76 valence electrons. The minimum absolute atomic E-state index is 0.411. The van der Waals surface area contributed by atoms with E-state index < -0.39 is 0 Å². The maximum atomic E-state index is 5.00. The van der Waals surface area contributed by atoms with Gasteiger partial charge in [0.2, 0.25) is 5.82 Å². The highest BCUT2D eigenvalue weighted by atomic mass is 16.5. The van der Waals surface area contributed by atoms with Crippen molar-refractivity contribution in [1.29, 1.82) is 0 Å². The Kier molecular flexibility index (Phi) is 2.78. The molecule has 4 nitrogen and oxygen atoms in total. The van der Waals surface area contributed by atoms with Crippen molar-refractivity contribution in [3.8, 4) is 11.4 Å². The molecule has 2 rings (SSSR count). The second-order valence-corrected chi connectivity index (χ2v) is 2.96. The molecule has 0 aliphatic rings. The first-order chi connectivity index (χ1) is 7.40. The molecule has 2 aromatic rings. The van der Waals surface area contributed by atoms with Gasteiger partial charge in [0.25, 0.3) is 0 Å². The van der Waals surface area contributed by atoms with Gasteiger partial charge >= 0.3 is 6.01 Å². The monoisotopic (exact) mass is 201 g/mol. The highest BCUT2D eigenvalue weighted by Crippen LogP contribution is 2.16. The zero-order valence-corrected chi connectivity index (χ0v) is 8.18. The lowest BCUT2D eigenvalue weighted by Crippen LogP contribution is -1.97. The largest absolute Gasteiger partial charge is 0.334 e. The first-order valence-electron chi connectivity index (χ1n) is 4.64. The molecular formula is C11H11N3O. The lowest BCUT2D eigenvalue weighted by Gasteiger charge is -1.92. The third-order valence-electron chi connectivity index (χ3n) is 1.86. The number of nitrogens with one attached hydrogen (secondary N) is 1. The van der Waals surface area contributed by atoms with Gasteiger partial charge in [0.1, 0.15) is 0 Å². The van der Waals surface area contributed by atoms with Crippen molar-refractivity contribution in [2.45, 2.75) is 0 Å². The SMILES string of the molecule is C=CCNc1nc(-c2ccccc2)no1. The van der Waals surface area contributed by atoms with Crippen LogP contribution in [0.5, 0.6) is 0 Å². The molecule has 15 heavy (non-hydrogen) atoms. The van der Waals surface area contributed by atoms with Gasteiger partial charge in [0.15, 0.2) is 0 Å². The van der Waals surface area contributed by atoms with Crippen molar-refractivity contribution in [3.63, 3.8) is 0 Å². The molecule has 0 fully saturated rings. The molecule has 1 aromatic carbocycles. The Bertz CT molecular complexity index is 436. The van der Waals surface area contributed by atoms with Crippen LogP contribution in [0.1, 0.15) is 0 Å². The minimum atomic E-state index is 0.411. The summed E-state index contributed by atoms with van der Waals surface area (Å²) in [7, 11) is 0. The van der Waals surface area contributed by atoms with Crippen molar-refractivity contribution in [2.24, 2.45) is 0 Å². The van der Waals surface area contributed by atoms with Gasteiger partial charge in [0.05, 0.1) is 0 Å². The number of nitrogens with zero attached hydrogens (tertiary/aromatic N) is 2. The second kappa shape index (κ2) is 4.41. The molecular weight excluding hydrogens is 190 g/mol. The van der Waals surface area contributed by atoms with E-state index in [2.05, 4.69) is 22.0 Å². The molecule has 0 spiro atoms. The summed E-state index contributed by atoms with van der Waals surface area (Å²) in [5, 5.41) is 6.78. The molecule has 0 saturated carbocycles. The fourth-order valence-corrected chi connectivity index (χ4v) is 1.16. The van der Waals surface area contributed by atoms with Crippen LogP contribution in [0.2, 0.25) is 0 Å². The smallest absolute Gasteiger partial charge is 0.322 e. The first-order valence-corrected chi connectivity index (χ1v) is 4.64. The molecule has 1 aromatic heterocycles. The summed E-state index contributed by atoms with van der Waals surface area (Å²) >= 11 is 0. The van der Waals surface area contributed by atoms with E-state index in [1.807, 2.05) is 30.3 Å². The van der Waals surface area contributed by atoms with Gasteiger partial charge in [-0.3, -0.25) is 0 Å². The van der Waals surface area contributed by atoms with Gasteiger partial charge < -0.3 is 9.84 Å². The lowest BCUT2D eigenvalue weighted by atomic mass is 10.2. The number of hydrogen-bond donors (Lipinski definition) is 1. The predicted octanol–water partition coefficient (Wildman–Crippen LogP) is 2.33. The van der Waals surface area contributed by atoms with Gasteiger partial charge in [-0.25, -0.2) is 0 Å². The molecule has 0 amide bonds. The third-order valence-corrected chi connectivity index (χ3v) is 1.86. The summed E-state index contributed by atoms with van der Waals surface area (Å²) in [6, 6.07) is 10.1. The van der Waals surface area contributed by atoms with Crippen LogP contribution in [0.3, 0.4) is 0 Å². The minimum Gasteiger partial charge on any atom is -0.334 e. The van der Waals surface area contributed by atoms with Crippen molar-refractivity contribution in [2.75, 3.05) is 11.9 Å². The van der Waals surface area contributed by atoms with Crippen LogP contribution in [0.25, 0.3) is 11.4 Å². The van der Waals surface area contributed by atoms with Crippen LogP contribution >= 0.6 is 0 Å². The Hall–Kier alpha value is -2.10. The Morgan fingerprint density at radius 2 is 2.13 bits per heavy atom. The van der Waals surface area contributed by atoms with Gasteiger partial charge in [-0.05, 0) is 0 Å². The summed E-state index contributed by atoms with van der Waals surface area (Å²) in [6.07, 6.45) is 1.73. The second-order valence-electron chi connectivity index (χ2n) is 2.96. The van der Waals surface area contributed by atoms with Crippen LogP contribution in [0.15, 0.2) is 47.5 Å². The van der Waals surface area contributed by atoms with Crippen LogP contribution in [0, 0.1) is 0 Å². The lowest BCUT2D eigenvalue weighted by molar-refractivity contribution is 0.433. The van der Waals surface area contributed by atoms with E-state index in [0.29, 0.717) is 18.4 Å². The number of benzene rings is 1. The summed E-state index contributed by atoms with van der Waals surface area (Å²) in [6.45, 7) is 4.20. The standard InChI is InChI=1S/C11H11N3O/c1-2-8-12-11-13-10(14-15-11)9-6-4-3-5-7-9/h2-7H,1,8H2,(H,12,13,14). The first kappa shape index (κ1) is 9.45. The Morgan fingerprint density at radius 1 is 1.33 bits per heavy atom. The van der Waals surface area contributed by atoms with Crippen molar-refractivity contribution in [3.05, 3.63) is 43.0 Å². The van der Waals surface area contributed by atoms with Gasteiger partial charge in [-0.2, -0.15) is 4.98 Å². The molecule has 0 aliphatic carbocycles. The molecule has 0 radical (unpaired) electrons. The molecule has 0 unspecified atom stereocenters. The maximum Gasteiger partial charge on any atom is 0.322 e. The van der Waals surface area contributed by atoms with Crippen LogP contribution < -0.4 is 5.32 Å². The molecule has 1 heterocycles. The van der Waals surface area contributed by atoms with E-state index in [1.54, 1.807) is 6.08 Å². The highest BCUT2D eigenvalue weighted by Gasteiger charge is 2.06. The molecule has 4 heteroatoms. The van der Waals surface area contributed by atoms with Crippen molar-refractivity contribution < 1.29 is 4.52 Å². The summed E-state index contributed by atoms with van der Waals surface area (Å²) in [5.41, 5.74) is 0.938. The van der Waals surface area contributed by atoms with Gasteiger partial charge in [-0.1, -0.05) is 41.6 Å². The quantitative estimate of drug-likeness (QED) is 0.771. The molecule has 0 saturated heterocycles. The Labute approximate surface area is 87.6 Å². The third kappa shape index (κ3) is 2.22. The van der Waals surface area contributed by atoms with Crippen molar-refractivity contribution in [1.82, 2.24) is 10.1 Å². The van der Waals surface area contributed by atoms with E-state index in [0.717, 1.165) is 5.56 Å². The van der Waals surface area contributed by atoms with E-state index in [-0.39, 0.29) is 0 Å². The fourth-order valence-electron chi connectivity index (χ4n) is 1.16. The summed E-state index contributed by atoms with van der Waals surface area (Å²) < 4.78 is 5.00. The van der Waals surface area contributed by atoms with E-state index in [9.17, 15) is 0 Å². The molecule has 0 aliphatic heterocycles. The molecule has 0 bridgehead atoms. The summed E-state index contributed by atoms with van der Waals surface area (Å²) in [5.74, 6) is 0.585. The Morgan fingerprint density at radius 3 is 2.87 bits per heavy atom. The van der Waals surface area contributed by atoms with E-state index in [1.165, 1.54) is 0 Å². The summed E-state index contributed by atoms with van der Waals surface area (Å²) in [4.78, 5) is 4.18. The topological polar surface area (TPSA) is 51.0 Å². The number of anilines is 1. The zero-order chi connectivity index (χ0) is 10.5. The van der Waals surface area contributed by atoms with E-state index >= 15 is 0 Å². The number of aromatic nitrogens is 2. The van der Waals surface area contributed by atoms with Crippen molar-refractivity contribution >= 4 is 6.01 Å².